The van der Waals surface area contributed by atoms with Crippen molar-refractivity contribution in [1.82, 2.24) is 0 Å². The van der Waals surface area contributed by atoms with Gasteiger partial charge in [0.25, 0.3) is 0 Å². The van der Waals surface area contributed by atoms with E-state index in [1.54, 1.807) is 0 Å². The van der Waals surface area contributed by atoms with Crippen LogP contribution in [0.5, 0.6) is 5.75 Å². The van der Waals surface area contributed by atoms with E-state index in [2.05, 4.69) is 18.2 Å². The van der Waals surface area contributed by atoms with Gasteiger partial charge in [-0.3, -0.25) is 0 Å². The Kier molecular flexibility index (Phi) is 4.72. The van der Waals surface area contributed by atoms with Crippen LogP contribution in [0.25, 0.3) is 0 Å². The molecule has 0 aliphatic carbocycles. The highest BCUT2D eigenvalue weighted by atomic mass is 35.5. The Bertz CT molecular complexity index is 612. The van der Waals surface area contributed by atoms with Crippen LogP contribution in [-0.2, 0) is 6.42 Å². The molecule has 2 unspecified atom stereocenters. The minimum Gasteiger partial charge on any atom is -0.493 e. The van der Waals surface area contributed by atoms with Crippen molar-refractivity contribution >= 4 is 23.2 Å². The molecule has 1 aliphatic heterocycles. The van der Waals surface area contributed by atoms with Gasteiger partial charge in [0.05, 0.1) is 6.61 Å². The topological polar surface area (TPSA) is 9.23 Å². The van der Waals surface area contributed by atoms with Crippen LogP contribution in [0.4, 0.5) is 0 Å². The SMILES string of the molecule is ClCC(Cc1cccc(Cl)c1)CC1COc2ccccc21. The van der Waals surface area contributed by atoms with Crippen molar-refractivity contribution < 1.29 is 4.74 Å². The lowest BCUT2D eigenvalue weighted by Crippen LogP contribution is -2.13. The number of benzene rings is 2. The number of rotatable bonds is 5. The van der Waals surface area contributed by atoms with E-state index in [1.165, 1.54) is 11.1 Å². The second-order valence-electron chi connectivity index (χ2n) is 5.64. The van der Waals surface area contributed by atoms with E-state index in [9.17, 15) is 0 Å². The van der Waals surface area contributed by atoms with Crippen molar-refractivity contribution in [2.75, 3.05) is 12.5 Å². The quantitative estimate of drug-likeness (QED) is 0.679. The van der Waals surface area contributed by atoms with E-state index < -0.39 is 0 Å². The van der Waals surface area contributed by atoms with E-state index >= 15 is 0 Å². The van der Waals surface area contributed by atoms with Gasteiger partial charge in [-0.25, -0.2) is 0 Å². The van der Waals surface area contributed by atoms with Gasteiger partial charge in [0, 0.05) is 22.4 Å². The Balaban J connectivity index is 1.68. The lowest BCUT2D eigenvalue weighted by Gasteiger charge is -2.18. The van der Waals surface area contributed by atoms with Crippen LogP contribution in [0.15, 0.2) is 48.5 Å². The van der Waals surface area contributed by atoms with Gasteiger partial charge in [-0.05, 0) is 42.5 Å². The maximum absolute atomic E-state index is 6.19. The van der Waals surface area contributed by atoms with Crippen LogP contribution in [0.3, 0.4) is 0 Å². The number of hydrogen-bond acceptors (Lipinski definition) is 1. The Morgan fingerprint density at radius 3 is 2.81 bits per heavy atom. The van der Waals surface area contributed by atoms with Crippen molar-refractivity contribution in [3.63, 3.8) is 0 Å². The summed E-state index contributed by atoms with van der Waals surface area (Å²) in [6, 6.07) is 16.3. The van der Waals surface area contributed by atoms with E-state index in [1.807, 2.05) is 30.3 Å². The molecule has 0 saturated heterocycles. The summed E-state index contributed by atoms with van der Waals surface area (Å²) in [5.74, 6) is 2.57. The van der Waals surface area contributed by atoms with E-state index in [0.717, 1.165) is 30.2 Å². The molecular formula is C18H18Cl2O. The predicted molar refractivity (Wildman–Crippen MR) is 88.7 cm³/mol. The number of para-hydroxylation sites is 1. The lowest BCUT2D eigenvalue weighted by molar-refractivity contribution is 0.310. The van der Waals surface area contributed by atoms with Crippen LogP contribution in [0, 0.1) is 5.92 Å². The van der Waals surface area contributed by atoms with E-state index in [0.29, 0.717) is 17.7 Å². The summed E-state index contributed by atoms with van der Waals surface area (Å²) in [5.41, 5.74) is 2.57. The molecule has 110 valence electrons. The second kappa shape index (κ2) is 6.72. The van der Waals surface area contributed by atoms with Gasteiger partial charge in [0.2, 0.25) is 0 Å². The molecule has 0 spiro atoms. The second-order valence-corrected chi connectivity index (χ2v) is 6.38. The molecular weight excluding hydrogens is 303 g/mol. The summed E-state index contributed by atoms with van der Waals surface area (Å²) in [6.07, 6.45) is 2.01. The minimum atomic E-state index is 0.435. The van der Waals surface area contributed by atoms with Crippen LogP contribution in [0.1, 0.15) is 23.5 Å². The van der Waals surface area contributed by atoms with Crippen molar-refractivity contribution in [1.29, 1.82) is 0 Å². The Morgan fingerprint density at radius 2 is 2.00 bits per heavy atom. The molecule has 0 aromatic heterocycles. The summed E-state index contributed by atoms with van der Waals surface area (Å²) >= 11 is 12.2. The van der Waals surface area contributed by atoms with Gasteiger partial charge in [-0.15, -0.1) is 11.6 Å². The zero-order valence-electron chi connectivity index (χ0n) is 11.8. The fourth-order valence-corrected chi connectivity index (χ4v) is 3.47. The molecule has 0 radical (unpaired) electrons. The number of fused-ring (bicyclic) bond motifs is 1. The van der Waals surface area contributed by atoms with Gasteiger partial charge in [0.1, 0.15) is 5.75 Å². The average Bonchev–Trinajstić information content (AvgIpc) is 2.90. The number of ether oxygens (including phenoxy) is 1. The fraction of sp³-hybridized carbons (Fsp3) is 0.333. The molecule has 0 bridgehead atoms. The summed E-state index contributed by atoms with van der Waals surface area (Å²) in [6.45, 7) is 0.766. The average molecular weight is 321 g/mol. The van der Waals surface area contributed by atoms with E-state index in [-0.39, 0.29) is 0 Å². The normalized spacial score (nSPS) is 18.1. The first-order chi connectivity index (χ1) is 10.3. The number of hydrogen-bond donors (Lipinski definition) is 0. The monoisotopic (exact) mass is 320 g/mol. The molecule has 3 rings (SSSR count). The highest BCUT2D eigenvalue weighted by molar-refractivity contribution is 6.30. The molecule has 0 N–H and O–H groups in total. The Hall–Kier alpha value is -1.18. The molecule has 1 nitrogen and oxygen atoms in total. The smallest absolute Gasteiger partial charge is 0.122 e. The lowest BCUT2D eigenvalue weighted by atomic mass is 9.87. The molecule has 2 aromatic rings. The van der Waals surface area contributed by atoms with Gasteiger partial charge in [0.15, 0.2) is 0 Å². The Morgan fingerprint density at radius 1 is 1.14 bits per heavy atom. The summed E-state index contributed by atoms with van der Waals surface area (Å²) in [4.78, 5) is 0. The molecule has 3 heteroatoms. The fourth-order valence-electron chi connectivity index (χ4n) is 3.02. The number of alkyl halides is 1. The Labute approximate surface area is 135 Å². The van der Waals surface area contributed by atoms with Crippen LogP contribution in [-0.4, -0.2) is 12.5 Å². The third kappa shape index (κ3) is 3.53. The molecule has 21 heavy (non-hydrogen) atoms. The molecule has 1 heterocycles. The third-order valence-corrected chi connectivity index (χ3v) is 4.72. The first-order valence-electron chi connectivity index (χ1n) is 7.28. The van der Waals surface area contributed by atoms with Crippen molar-refractivity contribution in [3.05, 3.63) is 64.7 Å². The summed E-state index contributed by atoms with van der Waals surface area (Å²) in [7, 11) is 0. The van der Waals surface area contributed by atoms with Crippen molar-refractivity contribution in [2.45, 2.75) is 18.8 Å². The van der Waals surface area contributed by atoms with Gasteiger partial charge >= 0.3 is 0 Å². The molecule has 1 aliphatic rings. The highest BCUT2D eigenvalue weighted by Gasteiger charge is 2.26. The molecule has 0 saturated carbocycles. The van der Waals surface area contributed by atoms with Crippen LogP contribution >= 0.6 is 23.2 Å². The van der Waals surface area contributed by atoms with Crippen molar-refractivity contribution in [3.8, 4) is 5.75 Å². The zero-order chi connectivity index (χ0) is 14.7. The summed E-state index contributed by atoms with van der Waals surface area (Å²) < 4.78 is 5.76. The maximum Gasteiger partial charge on any atom is 0.122 e. The molecule has 0 amide bonds. The van der Waals surface area contributed by atoms with Crippen LogP contribution < -0.4 is 4.74 Å². The predicted octanol–water partition coefficient (Wildman–Crippen LogP) is 5.30. The van der Waals surface area contributed by atoms with Gasteiger partial charge < -0.3 is 4.74 Å². The van der Waals surface area contributed by atoms with Gasteiger partial charge in [-0.1, -0.05) is 41.9 Å². The largest absolute Gasteiger partial charge is 0.493 e. The van der Waals surface area contributed by atoms with Gasteiger partial charge in [-0.2, -0.15) is 0 Å². The first kappa shape index (κ1) is 14.7. The van der Waals surface area contributed by atoms with Crippen LogP contribution in [0.2, 0.25) is 5.02 Å². The maximum atomic E-state index is 6.19. The standard InChI is InChI=1S/C18H18Cl2O/c19-11-14(8-13-4-3-5-16(20)10-13)9-15-12-21-18-7-2-1-6-17(15)18/h1-7,10,14-15H,8-9,11-12H2. The molecule has 0 fully saturated rings. The zero-order valence-corrected chi connectivity index (χ0v) is 13.3. The van der Waals surface area contributed by atoms with Crippen molar-refractivity contribution in [2.24, 2.45) is 5.92 Å². The first-order valence-corrected chi connectivity index (χ1v) is 8.19. The van der Waals surface area contributed by atoms with E-state index in [4.69, 9.17) is 27.9 Å². The number of halogens is 2. The minimum absolute atomic E-state index is 0.435. The third-order valence-electron chi connectivity index (χ3n) is 4.05. The summed E-state index contributed by atoms with van der Waals surface area (Å²) in [5, 5.41) is 0.787. The molecule has 2 atom stereocenters. The molecule has 2 aromatic carbocycles. The highest BCUT2D eigenvalue weighted by Crippen LogP contribution is 2.38.